The molecule has 0 radical (unpaired) electrons. The van der Waals surface area contributed by atoms with E-state index in [2.05, 4.69) is 10.3 Å². The van der Waals surface area contributed by atoms with Gasteiger partial charge in [-0.25, -0.2) is 5.01 Å². The minimum Gasteiger partial charge on any atom is -0.497 e. The second-order valence-electron chi connectivity index (χ2n) is 8.35. The number of rotatable bonds is 6. The summed E-state index contributed by atoms with van der Waals surface area (Å²) in [6.07, 6.45) is 0.668. The van der Waals surface area contributed by atoms with E-state index in [0.29, 0.717) is 22.3 Å². The monoisotopic (exact) mass is 518 g/mol. The molecule has 1 N–H and O–H groups in total. The third-order valence-electron chi connectivity index (χ3n) is 5.94. The summed E-state index contributed by atoms with van der Waals surface area (Å²) in [5.41, 5.74) is 3.59. The smallest absolute Gasteiger partial charge is 0.262 e. The maximum Gasteiger partial charge on any atom is 0.262 e. The van der Waals surface area contributed by atoms with E-state index in [4.69, 9.17) is 21.4 Å². The maximum absolute atomic E-state index is 12.8. The van der Waals surface area contributed by atoms with Crippen molar-refractivity contribution in [1.82, 2.24) is 5.01 Å². The third kappa shape index (κ3) is 5.29. The summed E-state index contributed by atoms with van der Waals surface area (Å²) in [6, 6.07) is 24.5. The Bertz CT molecular complexity index is 1330. The Hall–Kier alpha value is -3.62. The molecule has 2 atom stereocenters. The Kier molecular flexibility index (Phi) is 7.06. The Morgan fingerprint density at radius 2 is 1.81 bits per heavy atom. The number of hydrogen-bond acceptors (Lipinski definition) is 6. The molecular weight excluding hydrogens is 496 g/mol. The number of amides is 2. The molecule has 0 aromatic heterocycles. The zero-order valence-corrected chi connectivity index (χ0v) is 21.0. The van der Waals surface area contributed by atoms with Gasteiger partial charge < -0.3 is 10.1 Å². The highest BCUT2D eigenvalue weighted by Gasteiger charge is 2.39. The van der Waals surface area contributed by atoms with E-state index in [9.17, 15) is 9.59 Å². The predicted molar refractivity (Wildman–Crippen MR) is 144 cm³/mol. The number of amidine groups is 1. The van der Waals surface area contributed by atoms with Crippen molar-refractivity contribution in [2.75, 3.05) is 12.4 Å². The van der Waals surface area contributed by atoms with Crippen LogP contribution in [0.4, 0.5) is 5.69 Å². The molecule has 182 valence electrons. The van der Waals surface area contributed by atoms with Gasteiger partial charge in [0, 0.05) is 23.6 Å². The van der Waals surface area contributed by atoms with Gasteiger partial charge in [0.15, 0.2) is 5.17 Å². The number of halogens is 1. The highest BCUT2D eigenvalue weighted by Crippen LogP contribution is 2.39. The molecule has 5 rings (SSSR count). The number of nitrogens with one attached hydrogen (secondary N) is 1. The number of carbonyl (C=O) groups excluding carboxylic acids is 2. The Balaban J connectivity index is 1.34. The van der Waals surface area contributed by atoms with Gasteiger partial charge in [-0.15, -0.1) is 0 Å². The molecule has 0 unspecified atom stereocenters. The van der Waals surface area contributed by atoms with Crippen molar-refractivity contribution in [1.29, 1.82) is 0 Å². The topological polar surface area (TPSA) is 83.4 Å². The van der Waals surface area contributed by atoms with E-state index >= 15 is 0 Å². The zero-order valence-electron chi connectivity index (χ0n) is 19.4. The van der Waals surface area contributed by atoms with Crippen molar-refractivity contribution < 1.29 is 14.3 Å². The van der Waals surface area contributed by atoms with Crippen LogP contribution in [0.25, 0.3) is 0 Å². The number of ether oxygens (including phenoxy) is 1. The fourth-order valence-corrected chi connectivity index (χ4v) is 5.28. The number of methoxy groups -OCH3 is 1. The first-order valence-electron chi connectivity index (χ1n) is 11.4. The minimum absolute atomic E-state index is 0.00935. The number of nitrogens with zero attached hydrogens (tertiary/aromatic N) is 3. The standard InChI is InChI=1S/C27H23ClN4O3S/c1-35-21-13-7-18(8-14-21)23-15-22(17-5-3-2-4-6-17)31-32(23)27-30-26(34)24(36-27)16-25(33)29-20-11-9-19(28)10-12-20/h2-14,23-24H,15-16H2,1H3,(H,29,33)/t23-,24+/m0/s1. The first-order chi connectivity index (χ1) is 17.5. The molecule has 7 nitrogen and oxygen atoms in total. The average molecular weight is 519 g/mol. The van der Waals surface area contributed by atoms with Crippen LogP contribution in [0, 0.1) is 0 Å². The van der Waals surface area contributed by atoms with Crippen LogP contribution in [-0.2, 0) is 9.59 Å². The van der Waals surface area contributed by atoms with E-state index < -0.39 is 5.25 Å². The molecule has 0 aliphatic carbocycles. The van der Waals surface area contributed by atoms with Crippen LogP contribution >= 0.6 is 23.4 Å². The molecule has 36 heavy (non-hydrogen) atoms. The largest absolute Gasteiger partial charge is 0.497 e. The number of aliphatic imine (C=N–C) groups is 1. The lowest BCUT2D eigenvalue weighted by atomic mass is 9.98. The molecule has 0 saturated carbocycles. The van der Waals surface area contributed by atoms with Crippen molar-refractivity contribution >= 4 is 51.7 Å². The van der Waals surface area contributed by atoms with Gasteiger partial charge in [0.25, 0.3) is 5.91 Å². The van der Waals surface area contributed by atoms with Crippen LogP contribution in [0.1, 0.15) is 30.0 Å². The summed E-state index contributed by atoms with van der Waals surface area (Å²) in [5.74, 6) is 0.168. The van der Waals surface area contributed by atoms with Gasteiger partial charge in [-0.1, -0.05) is 65.8 Å². The Morgan fingerprint density at radius 1 is 1.08 bits per heavy atom. The molecule has 2 aliphatic rings. The number of carbonyl (C=O) groups is 2. The van der Waals surface area contributed by atoms with E-state index in [0.717, 1.165) is 22.6 Å². The molecule has 0 bridgehead atoms. The van der Waals surface area contributed by atoms with Gasteiger partial charge in [0.2, 0.25) is 5.91 Å². The van der Waals surface area contributed by atoms with Crippen LogP contribution in [-0.4, -0.2) is 40.1 Å². The minimum atomic E-state index is -0.611. The molecule has 0 fully saturated rings. The highest BCUT2D eigenvalue weighted by molar-refractivity contribution is 8.15. The zero-order chi connectivity index (χ0) is 25.1. The summed E-state index contributed by atoms with van der Waals surface area (Å²) in [5, 5.41) is 9.95. The third-order valence-corrected chi connectivity index (χ3v) is 7.34. The fourth-order valence-electron chi connectivity index (χ4n) is 4.10. The quantitative estimate of drug-likeness (QED) is 0.464. The number of hydrazone groups is 1. The summed E-state index contributed by atoms with van der Waals surface area (Å²) in [7, 11) is 1.63. The van der Waals surface area contributed by atoms with Crippen LogP contribution in [0.3, 0.4) is 0 Å². The van der Waals surface area contributed by atoms with Gasteiger partial charge >= 0.3 is 0 Å². The molecule has 2 heterocycles. The van der Waals surface area contributed by atoms with Crippen molar-refractivity contribution in [2.24, 2.45) is 10.1 Å². The predicted octanol–water partition coefficient (Wildman–Crippen LogP) is 5.53. The average Bonchev–Trinajstić information content (AvgIpc) is 3.50. The van der Waals surface area contributed by atoms with Gasteiger partial charge in [0.05, 0.1) is 18.9 Å². The maximum atomic E-state index is 12.8. The van der Waals surface area contributed by atoms with E-state index in [1.165, 1.54) is 11.8 Å². The lowest BCUT2D eigenvalue weighted by Crippen LogP contribution is -2.25. The van der Waals surface area contributed by atoms with Crippen LogP contribution < -0.4 is 10.1 Å². The van der Waals surface area contributed by atoms with E-state index in [-0.39, 0.29) is 24.3 Å². The first-order valence-corrected chi connectivity index (χ1v) is 12.7. The summed E-state index contributed by atoms with van der Waals surface area (Å²) < 4.78 is 5.30. The lowest BCUT2D eigenvalue weighted by molar-refractivity contribution is -0.121. The molecule has 3 aromatic rings. The normalized spacial score (nSPS) is 19.2. The van der Waals surface area contributed by atoms with Crippen molar-refractivity contribution in [2.45, 2.75) is 24.1 Å². The van der Waals surface area contributed by atoms with E-state index in [1.54, 1.807) is 31.4 Å². The molecule has 0 saturated heterocycles. The number of thioether (sulfide) groups is 1. The molecule has 2 aliphatic heterocycles. The number of hydrogen-bond donors (Lipinski definition) is 1. The van der Waals surface area contributed by atoms with E-state index in [1.807, 2.05) is 59.6 Å². The molecule has 3 aromatic carbocycles. The lowest BCUT2D eigenvalue weighted by Gasteiger charge is -2.23. The molecule has 0 spiro atoms. The highest BCUT2D eigenvalue weighted by atomic mass is 35.5. The number of anilines is 1. The van der Waals surface area contributed by atoms with Crippen LogP contribution in [0.5, 0.6) is 5.75 Å². The van der Waals surface area contributed by atoms with Gasteiger partial charge in [0.1, 0.15) is 11.0 Å². The van der Waals surface area contributed by atoms with Crippen molar-refractivity contribution in [3.05, 3.63) is 95.0 Å². The van der Waals surface area contributed by atoms with Crippen molar-refractivity contribution in [3.8, 4) is 5.75 Å². The second kappa shape index (κ2) is 10.6. The van der Waals surface area contributed by atoms with Crippen LogP contribution in [0.15, 0.2) is 89.0 Å². The second-order valence-corrected chi connectivity index (χ2v) is 9.95. The number of benzene rings is 3. The Labute approximate surface area is 218 Å². The SMILES string of the molecule is COc1ccc([C@@H]2CC(c3ccccc3)=NN2C2=NC(=O)[C@@H](CC(=O)Nc3ccc(Cl)cc3)S2)cc1. The first kappa shape index (κ1) is 24.1. The molecular formula is C27H23ClN4O3S. The van der Waals surface area contributed by atoms with Gasteiger partial charge in [-0.2, -0.15) is 10.1 Å². The summed E-state index contributed by atoms with van der Waals surface area (Å²) in [4.78, 5) is 29.6. The van der Waals surface area contributed by atoms with Crippen LogP contribution in [0.2, 0.25) is 5.02 Å². The van der Waals surface area contributed by atoms with Gasteiger partial charge in [-0.3, -0.25) is 9.59 Å². The Morgan fingerprint density at radius 3 is 2.50 bits per heavy atom. The summed E-state index contributed by atoms with van der Waals surface area (Å²) in [6.45, 7) is 0. The summed E-state index contributed by atoms with van der Waals surface area (Å²) >= 11 is 7.18. The van der Waals surface area contributed by atoms with Crippen molar-refractivity contribution in [3.63, 3.8) is 0 Å². The molecule has 2 amide bonds. The van der Waals surface area contributed by atoms with Gasteiger partial charge in [-0.05, 0) is 47.5 Å². The fraction of sp³-hybridized carbons (Fsp3) is 0.185. The molecule has 9 heteroatoms.